The summed E-state index contributed by atoms with van der Waals surface area (Å²) in [7, 11) is -0.395. The molecular weight excluding hydrogens is 212 g/mol. The Labute approximate surface area is 85.4 Å². The molecule has 0 aromatic carbocycles. The van der Waals surface area contributed by atoms with Crippen LogP contribution in [-0.4, -0.2) is 38.7 Å². The van der Waals surface area contributed by atoms with E-state index in [1.165, 1.54) is 14.1 Å². The fourth-order valence-electron chi connectivity index (χ4n) is 0.642. The second kappa shape index (κ2) is 5.14. The summed E-state index contributed by atoms with van der Waals surface area (Å²) in [6.45, 7) is 3.84. The SMILES string of the molecule is CC(C)C(CCl)NS(=O)(=O)N(C)C. The van der Waals surface area contributed by atoms with E-state index >= 15 is 0 Å². The lowest BCUT2D eigenvalue weighted by Crippen LogP contribution is -2.45. The summed E-state index contributed by atoms with van der Waals surface area (Å²) in [6, 6.07) is -0.214. The van der Waals surface area contributed by atoms with Crippen molar-refractivity contribution in [3.8, 4) is 0 Å². The Morgan fingerprint density at radius 1 is 1.38 bits per heavy atom. The van der Waals surface area contributed by atoms with Gasteiger partial charge in [0.15, 0.2) is 0 Å². The summed E-state index contributed by atoms with van der Waals surface area (Å²) in [4.78, 5) is 0. The third kappa shape index (κ3) is 4.26. The Hall–Kier alpha value is 0.160. The molecule has 13 heavy (non-hydrogen) atoms. The highest BCUT2D eigenvalue weighted by Gasteiger charge is 2.21. The van der Waals surface area contributed by atoms with Crippen LogP contribution in [0.4, 0.5) is 0 Å². The van der Waals surface area contributed by atoms with Gasteiger partial charge in [0.05, 0.1) is 0 Å². The maximum Gasteiger partial charge on any atom is 0.279 e. The highest BCUT2D eigenvalue weighted by atomic mass is 35.5. The lowest BCUT2D eigenvalue weighted by molar-refractivity contribution is 0.449. The summed E-state index contributed by atoms with van der Waals surface area (Å²) in [6.07, 6.45) is 0. The third-order valence-electron chi connectivity index (χ3n) is 1.75. The van der Waals surface area contributed by atoms with E-state index in [4.69, 9.17) is 11.6 Å². The monoisotopic (exact) mass is 228 g/mol. The van der Waals surface area contributed by atoms with Gasteiger partial charge in [-0.05, 0) is 5.92 Å². The van der Waals surface area contributed by atoms with E-state index in [0.29, 0.717) is 0 Å². The Morgan fingerprint density at radius 2 is 1.85 bits per heavy atom. The molecule has 0 radical (unpaired) electrons. The summed E-state index contributed by atoms with van der Waals surface area (Å²) < 4.78 is 26.4. The van der Waals surface area contributed by atoms with Gasteiger partial charge in [0.1, 0.15) is 0 Å². The van der Waals surface area contributed by atoms with E-state index in [2.05, 4.69) is 4.72 Å². The third-order valence-corrected chi connectivity index (χ3v) is 3.65. The van der Waals surface area contributed by atoms with Crippen LogP contribution in [0.15, 0.2) is 0 Å². The molecule has 6 heteroatoms. The molecule has 0 aliphatic heterocycles. The Bertz CT molecular complexity index is 239. The summed E-state index contributed by atoms with van der Waals surface area (Å²) in [5.74, 6) is 0.470. The first-order valence-electron chi connectivity index (χ1n) is 4.07. The maximum absolute atomic E-state index is 11.4. The second-order valence-electron chi connectivity index (χ2n) is 3.41. The van der Waals surface area contributed by atoms with Crippen molar-refractivity contribution in [1.29, 1.82) is 0 Å². The summed E-state index contributed by atoms with van der Waals surface area (Å²) in [5, 5.41) is 0. The number of nitrogens with one attached hydrogen (secondary N) is 1. The van der Waals surface area contributed by atoms with Crippen LogP contribution >= 0.6 is 11.6 Å². The van der Waals surface area contributed by atoms with E-state index in [1.807, 2.05) is 13.8 Å². The Balaban J connectivity index is 4.41. The van der Waals surface area contributed by atoms with Gasteiger partial charge in [-0.25, -0.2) is 0 Å². The van der Waals surface area contributed by atoms with E-state index in [-0.39, 0.29) is 17.8 Å². The molecule has 4 nitrogen and oxygen atoms in total. The zero-order valence-electron chi connectivity index (χ0n) is 8.41. The predicted octanol–water partition coefficient (Wildman–Crippen LogP) is 0.646. The quantitative estimate of drug-likeness (QED) is 0.703. The standard InChI is InChI=1S/C7H17ClN2O2S/c1-6(2)7(5-8)9-13(11,12)10(3)4/h6-7,9H,5H2,1-4H3. The zero-order chi connectivity index (χ0) is 10.6. The zero-order valence-corrected chi connectivity index (χ0v) is 9.98. The smallest absolute Gasteiger partial charge is 0.198 e. The van der Waals surface area contributed by atoms with Gasteiger partial charge in [-0.2, -0.15) is 17.4 Å². The lowest BCUT2D eigenvalue weighted by Gasteiger charge is -2.21. The highest BCUT2D eigenvalue weighted by molar-refractivity contribution is 7.87. The topological polar surface area (TPSA) is 49.4 Å². The van der Waals surface area contributed by atoms with Gasteiger partial charge in [-0.1, -0.05) is 13.8 Å². The summed E-state index contributed by atoms with van der Waals surface area (Å²) in [5.41, 5.74) is 0. The van der Waals surface area contributed by atoms with Gasteiger partial charge < -0.3 is 0 Å². The molecular formula is C7H17ClN2O2S. The molecule has 0 aliphatic carbocycles. The molecule has 0 aromatic rings. The molecule has 0 aliphatic rings. The lowest BCUT2D eigenvalue weighted by atomic mass is 10.1. The van der Waals surface area contributed by atoms with Gasteiger partial charge in [-0.15, -0.1) is 11.6 Å². The van der Waals surface area contributed by atoms with Gasteiger partial charge >= 0.3 is 0 Å². The predicted molar refractivity (Wildman–Crippen MR) is 55.1 cm³/mol. The number of alkyl halides is 1. The normalized spacial score (nSPS) is 15.3. The van der Waals surface area contributed by atoms with Crippen molar-refractivity contribution in [2.45, 2.75) is 19.9 Å². The van der Waals surface area contributed by atoms with Crippen molar-refractivity contribution in [3.63, 3.8) is 0 Å². The Kier molecular flexibility index (Phi) is 5.21. The van der Waals surface area contributed by atoms with Crippen LogP contribution < -0.4 is 4.72 Å². The van der Waals surface area contributed by atoms with Crippen molar-refractivity contribution >= 4 is 21.8 Å². The average molecular weight is 229 g/mol. The van der Waals surface area contributed by atoms with Crippen molar-refractivity contribution in [3.05, 3.63) is 0 Å². The van der Waals surface area contributed by atoms with Crippen molar-refractivity contribution in [1.82, 2.24) is 9.03 Å². The van der Waals surface area contributed by atoms with E-state index in [9.17, 15) is 8.42 Å². The summed E-state index contributed by atoms with van der Waals surface area (Å²) >= 11 is 5.63. The number of hydrogen-bond acceptors (Lipinski definition) is 2. The first-order chi connectivity index (χ1) is 5.81. The number of hydrogen-bond donors (Lipinski definition) is 1. The molecule has 0 heterocycles. The van der Waals surface area contributed by atoms with Crippen molar-refractivity contribution in [2.24, 2.45) is 5.92 Å². The molecule has 1 N–H and O–H groups in total. The van der Waals surface area contributed by atoms with Crippen LogP contribution in [0.3, 0.4) is 0 Å². The highest BCUT2D eigenvalue weighted by Crippen LogP contribution is 2.05. The van der Waals surface area contributed by atoms with Gasteiger partial charge in [0, 0.05) is 26.0 Å². The molecule has 0 spiro atoms. The van der Waals surface area contributed by atoms with Gasteiger partial charge in [0.25, 0.3) is 10.2 Å². The minimum absolute atomic E-state index is 0.187. The van der Waals surface area contributed by atoms with Gasteiger partial charge in [0.2, 0.25) is 0 Å². The molecule has 0 amide bonds. The average Bonchev–Trinajstić information content (AvgIpc) is 1.99. The van der Waals surface area contributed by atoms with Crippen LogP contribution in [0, 0.1) is 5.92 Å². The molecule has 0 saturated carbocycles. The molecule has 0 fully saturated rings. The van der Waals surface area contributed by atoms with Crippen molar-refractivity contribution in [2.75, 3.05) is 20.0 Å². The molecule has 0 rings (SSSR count). The van der Waals surface area contributed by atoms with E-state index in [1.54, 1.807) is 0 Å². The minimum Gasteiger partial charge on any atom is -0.198 e. The number of halogens is 1. The van der Waals surface area contributed by atoms with E-state index < -0.39 is 10.2 Å². The van der Waals surface area contributed by atoms with Gasteiger partial charge in [-0.3, -0.25) is 0 Å². The second-order valence-corrected chi connectivity index (χ2v) is 5.63. The molecule has 1 atom stereocenters. The first kappa shape index (κ1) is 13.2. The van der Waals surface area contributed by atoms with Crippen LogP contribution in [0.1, 0.15) is 13.8 Å². The fraction of sp³-hybridized carbons (Fsp3) is 1.00. The minimum atomic E-state index is -3.36. The molecule has 80 valence electrons. The largest absolute Gasteiger partial charge is 0.279 e. The maximum atomic E-state index is 11.4. The van der Waals surface area contributed by atoms with Crippen LogP contribution in [0.5, 0.6) is 0 Å². The molecule has 0 bridgehead atoms. The van der Waals surface area contributed by atoms with E-state index in [0.717, 1.165) is 4.31 Å². The Morgan fingerprint density at radius 3 is 2.08 bits per heavy atom. The number of rotatable bonds is 5. The van der Waals surface area contributed by atoms with Crippen LogP contribution in [0.25, 0.3) is 0 Å². The fourth-order valence-corrected chi connectivity index (χ4v) is 2.12. The molecule has 1 unspecified atom stereocenters. The molecule has 0 saturated heterocycles. The van der Waals surface area contributed by atoms with Crippen LogP contribution in [0.2, 0.25) is 0 Å². The first-order valence-corrected chi connectivity index (χ1v) is 6.04. The van der Waals surface area contributed by atoms with Crippen molar-refractivity contribution < 1.29 is 8.42 Å². The molecule has 0 aromatic heterocycles. The number of nitrogens with zero attached hydrogens (tertiary/aromatic N) is 1. The van der Waals surface area contributed by atoms with Crippen LogP contribution in [-0.2, 0) is 10.2 Å².